The van der Waals surface area contributed by atoms with E-state index in [4.69, 9.17) is 22.1 Å². The van der Waals surface area contributed by atoms with Gasteiger partial charge in [0.1, 0.15) is 11.6 Å². The third-order valence-corrected chi connectivity index (χ3v) is 2.19. The molecule has 0 saturated carbocycles. The molecule has 0 unspecified atom stereocenters. The van der Waals surface area contributed by atoms with Gasteiger partial charge in [-0.3, -0.25) is 0 Å². The molecule has 0 bridgehead atoms. The molecule has 0 spiro atoms. The van der Waals surface area contributed by atoms with Crippen molar-refractivity contribution in [1.29, 1.82) is 0 Å². The minimum Gasteiger partial charge on any atom is -0.437 e. The van der Waals surface area contributed by atoms with E-state index in [9.17, 15) is 0 Å². The Morgan fingerprint density at radius 3 is 2.81 bits per heavy atom. The normalized spacial score (nSPS) is 10.1. The van der Waals surface area contributed by atoms with Gasteiger partial charge in [0.2, 0.25) is 5.88 Å². The number of ether oxygens (including phenoxy) is 1. The van der Waals surface area contributed by atoms with Crippen LogP contribution in [0.5, 0.6) is 11.6 Å². The Bertz CT molecular complexity index is 516. The Hall–Kier alpha value is -1.81. The highest BCUT2D eigenvalue weighted by Gasteiger charge is 2.04. The molecule has 81 valence electrons. The zero-order valence-corrected chi connectivity index (χ0v) is 9.32. The lowest BCUT2D eigenvalue weighted by Gasteiger charge is -2.06. The Balaban J connectivity index is 2.27. The third-order valence-electron chi connectivity index (χ3n) is 1.90. The van der Waals surface area contributed by atoms with Crippen molar-refractivity contribution in [2.45, 2.75) is 6.92 Å². The van der Waals surface area contributed by atoms with E-state index < -0.39 is 0 Å². The summed E-state index contributed by atoms with van der Waals surface area (Å²) in [5.74, 6) is 1.55. The molecule has 1 aromatic heterocycles. The van der Waals surface area contributed by atoms with Gasteiger partial charge in [-0.25, -0.2) is 4.98 Å². The Morgan fingerprint density at radius 2 is 2.12 bits per heavy atom. The van der Waals surface area contributed by atoms with Crippen LogP contribution < -0.4 is 10.5 Å². The number of hydrogen-bond donors (Lipinski definition) is 0. The van der Waals surface area contributed by atoms with E-state index in [2.05, 4.69) is 9.97 Å². The molecule has 0 aliphatic carbocycles. The number of nitrogens with one attached hydrogen (secondary N) is 1. The molecule has 1 radical (unpaired) electrons. The van der Waals surface area contributed by atoms with E-state index >= 15 is 0 Å². The molecule has 2 aromatic rings. The first-order chi connectivity index (χ1) is 7.65. The molecule has 0 amide bonds. The second kappa shape index (κ2) is 4.37. The lowest BCUT2D eigenvalue weighted by atomic mass is 10.3. The molecule has 2 rings (SSSR count). The molecule has 0 aliphatic rings. The van der Waals surface area contributed by atoms with Crippen molar-refractivity contribution in [1.82, 2.24) is 15.7 Å². The van der Waals surface area contributed by atoms with Gasteiger partial charge in [0.05, 0.1) is 10.7 Å². The Morgan fingerprint density at radius 1 is 1.31 bits per heavy atom. The predicted octanol–water partition coefficient (Wildman–Crippen LogP) is 3.15. The average Bonchev–Trinajstić information content (AvgIpc) is 2.22. The summed E-state index contributed by atoms with van der Waals surface area (Å²) >= 11 is 5.93. The predicted molar refractivity (Wildman–Crippen MR) is 61.1 cm³/mol. The van der Waals surface area contributed by atoms with E-state index in [1.165, 1.54) is 6.07 Å². The molecule has 0 saturated heterocycles. The molecule has 0 aliphatic heterocycles. The van der Waals surface area contributed by atoms with Crippen LogP contribution in [0.1, 0.15) is 5.82 Å². The highest BCUT2D eigenvalue weighted by atomic mass is 35.5. The van der Waals surface area contributed by atoms with Gasteiger partial charge in [-0.2, -0.15) is 4.98 Å². The van der Waals surface area contributed by atoms with Gasteiger partial charge in [0, 0.05) is 12.3 Å². The molecule has 16 heavy (non-hydrogen) atoms. The van der Waals surface area contributed by atoms with E-state index in [-0.39, 0.29) is 0 Å². The van der Waals surface area contributed by atoms with Gasteiger partial charge in [-0.1, -0.05) is 11.6 Å². The van der Waals surface area contributed by atoms with Crippen LogP contribution in [0.2, 0.25) is 5.02 Å². The van der Waals surface area contributed by atoms with Crippen molar-refractivity contribution in [2.75, 3.05) is 0 Å². The summed E-state index contributed by atoms with van der Waals surface area (Å²) in [6.07, 6.45) is 1.62. The van der Waals surface area contributed by atoms with Gasteiger partial charge in [-0.05, 0) is 25.1 Å². The van der Waals surface area contributed by atoms with Crippen molar-refractivity contribution in [3.63, 3.8) is 0 Å². The van der Waals surface area contributed by atoms with Crippen LogP contribution in [-0.2, 0) is 0 Å². The van der Waals surface area contributed by atoms with E-state index in [0.717, 1.165) is 0 Å². The number of hydrogen-bond acceptors (Lipinski definition) is 3. The molecule has 1 N–H and O–H groups in total. The SMILES string of the molecule is Cc1nccc(Oc2ccc([NH])cc2Cl)n1. The molecule has 5 heteroatoms. The van der Waals surface area contributed by atoms with Gasteiger partial charge in [-0.15, -0.1) is 0 Å². The molecular formula is C11H9ClN3O. The van der Waals surface area contributed by atoms with Crippen molar-refractivity contribution >= 4 is 17.3 Å². The fraction of sp³-hybridized carbons (Fsp3) is 0.0909. The number of rotatable bonds is 2. The summed E-state index contributed by atoms with van der Waals surface area (Å²) in [6.45, 7) is 1.78. The second-order valence-electron chi connectivity index (χ2n) is 3.19. The van der Waals surface area contributed by atoms with Crippen LogP contribution in [0.4, 0.5) is 5.69 Å². The summed E-state index contributed by atoms with van der Waals surface area (Å²) in [4.78, 5) is 8.06. The fourth-order valence-electron chi connectivity index (χ4n) is 1.19. The smallest absolute Gasteiger partial charge is 0.222 e. The number of aromatic nitrogens is 2. The van der Waals surface area contributed by atoms with Crippen LogP contribution in [-0.4, -0.2) is 9.97 Å². The van der Waals surface area contributed by atoms with Crippen LogP contribution in [0.25, 0.3) is 0 Å². The number of nitrogens with zero attached hydrogens (tertiary/aromatic N) is 2. The van der Waals surface area contributed by atoms with Crippen molar-refractivity contribution < 1.29 is 4.74 Å². The van der Waals surface area contributed by atoms with Crippen LogP contribution in [0.15, 0.2) is 30.5 Å². The lowest BCUT2D eigenvalue weighted by Crippen LogP contribution is -1.92. The minimum atomic E-state index is 0.344. The summed E-state index contributed by atoms with van der Waals surface area (Å²) in [6, 6.07) is 6.42. The molecule has 1 aromatic carbocycles. The van der Waals surface area contributed by atoms with Crippen LogP contribution in [0.3, 0.4) is 0 Å². The summed E-state index contributed by atoms with van der Waals surface area (Å²) in [5.41, 5.74) is 7.72. The maximum absolute atomic E-state index is 7.38. The zero-order chi connectivity index (χ0) is 11.5. The van der Waals surface area contributed by atoms with Gasteiger partial charge < -0.3 is 10.5 Å². The van der Waals surface area contributed by atoms with Crippen LogP contribution in [0, 0.1) is 6.92 Å². The van der Waals surface area contributed by atoms with Crippen LogP contribution >= 0.6 is 11.6 Å². The monoisotopic (exact) mass is 234 g/mol. The van der Waals surface area contributed by atoms with Crippen molar-refractivity contribution in [3.8, 4) is 11.6 Å². The molecular weight excluding hydrogens is 226 g/mol. The lowest BCUT2D eigenvalue weighted by molar-refractivity contribution is 0.460. The topological polar surface area (TPSA) is 58.8 Å². The first kappa shape index (κ1) is 10.7. The van der Waals surface area contributed by atoms with Gasteiger partial charge in [0.25, 0.3) is 0 Å². The average molecular weight is 235 g/mol. The zero-order valence-electron chi connectivity index (χ0n) is 8.57. The largest absolute Gasteiger partial charge is 0.437 e. The molecule has 0 fully saturated rings. The maximum Gasteiger partial charge on any atom is 0.222 e. The van der Waals surface area contributed by atoms with Crippen molar-refractivity contribution in [2.24, 2.45) is 0 Å². The van der Waals surface area contributed by atoms with Gasteiger partial charge >= 0.3 is 0 Å². The Labute approximate surface area is 98.0 Å². The molecule has 0 atom stereocenters. The quantitative estimate of drug-likeness (QED) is 0.802. The fourth-order valence-corrected chi connectivity index (χ4v) is 1.41. The third kappa shape index (κ3) is 2.41. The Kier molecular flexibility index (Phi) is 2.92. The molecule has 4 nitrogen and oxygen atoms in total. The maximum atomic E-state index is 7.38. The first-order valence-corrected chi connectivity index (χ1v) is 5.01. The highest BCUT2D eigenvalue weighted by molar-refractivity contribution is 6.32. The van der Waals surface area contributed by atoms with E-state index in [0.29, 0.717) is 28.2 Å². The minimum absolute atomic E-state index is 0.344. The van der Waals surface area contributed by atoms with E-state index in [1.54, 1.807) is 31.3 Å². The molecule has 1 heterocycles. The highest BCUT2D eigenvalue weighted by Crippen LogP contribution is 2.30. The van der Waals surface area contributed by atoms with Gasteiger partial charge in [0.15, 0.2) is 0 Å². The summed E-state index contributed by atoms with van der Waals surface area (Å²) in [7, 11) is 0. The standard InChI is InChI=1S/C11H9ClN3O/c1-7-14-5-4-11(15-7)16-10-3-2-8(13)6-9(10)12/h2-6,13H,1H3. The summed E-state index contributed by atoms with van der Waals surface area (Å²) < 4.78 is 5.48. The second-order valence-corrected chi connectivity index (χ2v) is 3.60. The first-order valence-electron chi connectivity index (χ1n) is 4.64. The van der Waals surface area contributed by atoms with E-state index in [1.807, 2.05) is 0 Å². The number of halogens is 1. The number of aryl methyl sites for hydroxylation is 1. The number of benzene rings is 1. The summed E-state index contributed by atoms with van der Waals surface area (Å²) in [5, 5.41) is 0.392. The van der Waals surface area contributed by atoms with Crippen molar-refractivity contribution in [3.05, 3.63) is 41.3 Å².